The van der Waals surface area contributed by atoms with Crippen molar-refractivity contribution < 1.29 is 4.74 Å². The SMILES string of the molecule is C=COCCC1CCN(C2CCN(Sc3ccccc3)CC2)CC1. The maximum Gasteiger partial charge on any atom is 0.0875 e. The molecule has 2 aliphatic rings. The number of ether oxygens (including phenoxy) is 1. The molecule has 1 aromatic carbocycles. The molecule has 2 aliphatic heterocycles. The first-order valence-corrected chi connectivity index (χ1v) is 10.1. The van der Waals surface area contributed by atoms with Crippen molar-refractivity contribution in [2.45, 2.75) is 43.0 Å². The van der Waals surface area contributed by atoms with Gasteiger partial charge in [-0.15, -0.1) is 0 Å². The molecule has 4 heteroatoms. The molecule has 24 heavy (non-hydrogen) atoms. The molecule has 0 radical (unpaired) electrons. The zero-order valence-electron chi connectivity index (χ0n) is 14.6. The van der Waals surface area contributed by atoms with Crippen LogP contribution in [0.15, 0.2) is 48.1 Å². The van der Waals surface area contributed by atoms with Gasteiger partial charge >= 0.3 is 0 Å². The van der Waals surface area contributed by atoms with Crippen LogP contribution in [0.2, 0.25) is 0 Å². The maximum absolute atomic E-state index is 5.28. The summed E-state index contributed by atoms with van der Waals surface area (Å²) in [5, 5.41) is 0. The molecule has 3 rings (SSSR count). The molecule has 2 heterocycles. The van der Waals surface area contributed by atoms with E-state index in [2.05, 4.69) is 46.1 Å². The highest BCUT2D eigenvalue weighted by Crippen LogP contribution is 2.30. The van der Waals surface area contributed by atoms with E-state index in [0.717, 1.165) is 18.6 Å². The Labute approximate surface area is 151 Å². The summed E-state index contributed by atoms with van der Waals surface area (Å²) in [4.78, 5) is 4.11. The van der Waals surface area contributed by atoms with E-state index in [1.807, 2.05) is 11.9 Å². The molecule has 0 saturated carbocycles. The number of nitrogens with zero attached hydrogens (tertiary/aromatic N) is 2. The van der Waals surface area contributed by atoms with E-state index in [4.69, 9.17) is 4.74 Å². The largest absolute Gasteiger partial charge is 0.502 e. The Balaban J connectivity index is 1.36. The number of likely N-dealkylation sites (tertiary alicyclic amines) is 1. The van der Waals surface area contributed by atoms with Gasteiger partial charge in [0, 0.05) is 24.0 Å². The predicted molar refractivity (Wildman–Crippen MR) is 102 cm³/mol. The first kappa shape index (κ1) is 17.8. The van der Waals surface area contributed by atoms with Crippen molar-refractivity contribution in [3.05, 3.63) is 43.2 Å². The zero-order valence-corrected chi connectivity index (χ0v) is 15.4. The van der Waals surface area contributed by atoms with E-state index >= 15 is 0 Å². The van der Waals surface area contributed by atoms with Crippen molar-refractivity contribution in [1.82, 2.24) is 9.21 Å². The van der Waals surface area contributed by atoms with Crippen molar-refractivity contribution >= 4 is 11.9 Å². The smallest absolute Gasteiger partial charge is 0.0875 e. The second-order valence-corrected chi connectivity index (χ2v) is 8.04. The Morgan fingerprint density at radius 2 is 1.75 bits per heavy atom. The third-order valence-electron chi connectivity index (χ3n) is 5.33. The van der Waals surface area contributed by atoms with Crippen molar-refractivity contribution in [3.8, 4) is 0 Å². The Hall–Kier alpha value is -0.970. The summed E-state index contributed by atoms with van der Waals surface area (Å²) in [6, 6.07) is 11.5. The lowest BCUT2D eigenvalue weighted by atomic mass is 9.91. The van der Waals surface area contributed by atoms with Gasteiger partial charge in [0.05, 0.1) is 12.9 Å². The Morgan fingerprint density at radius 1 is 1.04 bits per heavy atom. The van der Waals surface area contributed by atoms with Crippen LogP contribution in [0.1, 0.15) is 32.1 Å². The molecule has 0 atom stereocenters. The highest BCUT2D eigenvalue weighted by atomic mass is 32.2. The number of piperidine rings is 2. The minimum Gasteiger partial charge on any atom is -0.502 e. The predicted octanol–water partition coefficient (Wildman–Crippen LogP) is 4.42. The molecule has 0 aliphatic carbocycles. The number of hydrogen-bond donors (Lipinski definition) is 0. The molecule has 1 aromatic rings. The molecule has 0 unspecified atom stereocenters. The summed E-state index contributed by atoms with van der Waals surface area (Å²) in [5.41, 5.74) is 0. The number of hydrogen-bond acceptors (Lipinski definition) is 4. The van der Waals surface area contributed by atoms with Crippen LogP contribution in [0.25, 0.3) is 0 Å². The van der Waals surface area contributed by atoms with E-state index in [1.54, 1.807) is 6.26 Å². The van der Waals surface area contributed by atoms with E-state index in [-0.39, 0.29) is 0 Å². The monoisotopic (exact) mass is 346 g/mol. The first-order chi connectivity index (χ1) is 11.8. The molecule has 132 valence electrons. The normalized spacial score (nSPS) is 21.7. The van der Waals surface area contributed by atoms with Gasteiger partial charge in [-0.2, -0.15) is 0 Å². The molecule has 0 N–H and O–H groups in total. The number of benzene rings is 1. The zero-order chi connectivity index (χ0) is 16.6. The van der Waals surface area contributed by atoms with Crippen molar-refractivity contribution in [2.24, 2.45) is 5.92 Å². The molecular weight excluding hydrogens is 316 g/mol. The fourth-order valence-electron chi connectivity index (χ4n) is 3.85. The molecule has 2 saturated heterocycles. The van der Waals surface area contributed by atoms with Crippen molar-refractivity contribution in [2.75, 3.05) is 32.8 Å². The highest BCUT2D eigenvalue weighted by molar-refractivity contribution is 7.97. The van der Waals surface area contributed by atoms with Gasteiger partial charge in [-0.05, 0) is 75.2 Å². The lowest BCUT2D eigenvalue weighted by Gasteiger charge is -2.41. The molecule has 0 bridgehead atoms. The van der Waals surface area contributed by atoms with Crippen LogP contribution in [0, 0.1) is 5.92 Å². The minimum atomic E-state index is 0.794. The lowest BCUT2D eigenvalue weighted by Crippen LogP contribution is -2.46. The van der Waals surface area contributed by atoms with Crippen molar-refractivity contribution in [1.29, 1.82) is 0 Å². The average molecular weight is 347 g/mol. The van der Waals surface area contributed by atoms with Gasteiger partial charge in [-0.1, -0.05) is 24.8 Å². The Morgan fingerprint density at radius 3 is 2.42 bits per heavy atom. The number of rotatable bonds is 7. The van der Waals surface area contributed by atoms with Gasteiger partial charge in [0.25, 0.3) is 0 Å². The lowest BCUT2D eigenvalue weighted by molar-refractivity contribution is 0.0895. The molecule has 0 amide bonds. The second-order valence-electron chi connectivity index (χ2n) is 6.87. The van der Waals surface area contributed by atoms with Crippen LogP contribution < -0.4 is 0 Å². The van der Waals surface area contributed by atoms with Crippen LogP contribution >= 0.6 is 11.9 Å². The Bertz CT molecular complexity index is 480. The standard InChI is InChI=1S/C20H30N2OS/c1-2-23-17-12-18-8-13-21(14-9-18)19-10-15-22(16-11-19)24-20-6-4-3-5-7-20/h2-7,18-19H,1,8-17H2. The minimum absolute atomic E-state index is 0.794. The van der Waals surface area contributed by atoms with E-state index < -0.39 is 0 Å². The maximum atomic E-state index is 5.28. The van der Waals surface area contributed by atoms with E-state index in [1.165, 1.54) is 63.2 Å². The molecule has 2 fully saturated rings. The quantitative estimate of drug-likeness (QED) is 0.412. The van der Waals surface area contributed by atoms with Crippen LogP contribution in [0.3, 0.4) is 0 Å². The average Bonchev–Trinajstić information content (AvgIpc) is 2.64. The first-order valence-electron chi connectivity index (χ1n) is 9.29. The summed E-state index contributed by atoms with van der Waals surface area (Å²) >= 11 is 1.92. The summed E-state index contributed by atoms with van der Waals surface area (Å²) in [6.45, 7) is 9.41. The topological polar surface area (TPSA) is 15.7 Å². The molecular formula is C20H30N2OS. The van der Waals surface area contributed by atoms with Gasteiger partial charge in [-0.25, -0.2) is 4.31 Å². The van der Waals surface area contributed by atoms with Crippen LogP contribution in [-0.4, -0.2) is 48.0 Å². The van der Waals surface area contributed by atoms with Gasteiger partial charge in [0.15, 0.2) is 0 Å². The van der Waals surface area contributed by atoms with Crippen LogP contribution in [-0.2, 0) is 4.74 Å². The third kappa shape index (κ3) is 5.27. The third-order valence-corrected chi connectivity index (χ3v) is 6.43. The summed E-state index contributed by atoms with van der Waals surface area (Å²) in [6.07, 6.45) is 8.04. The highest BCUT2D eigenvalue weighted by Gasteiger charge is 2.28. The van der Waals surface area contributed by atoms with Gasteiger partial charge in [0.2, 0.25) is 0 Å². The van der Waals surface area contributed by atoms with Crippen molar-refractivity contribution in [3.63, 3.8) is 0 Å². The Kier molecular flexibility index (Phi) is 7.06. The molecule has 0 aromatic heterocycles. The molecule has 0 spiro atoms. The van der Waals surface area contributed by atoms with E-state index in [0.29, 0.717) is 0 Å². The fraction of sp³-hybridized carbons (Fsp3) is 0.600. The van der Waals surface area contributed by atoms with Gasteiger partial charge < -0.3 is 9.64 Å². The van der Waals surface area contributed by atoms with Crippen LogP contribution in [0.4, 0.5) is 0 Å². The van der Waals surface area contributed by atoms with Gasteiger partial charge in [0.1, 0.15) is 0 Å². The second kappa shape index (κ2) is 9.50. The summed E-state index contributed by atoms with van der Waals surface area (Å²) < 4.78 is 7.82. The van der Waals surface area contributed by atoms with Crippen LogP contribution in [0.5, 0.6) is 0 Å². The molecule has 3 nitrogen and oxygen atoms in total. The summed E-state index contributed by atoms with van der Waals surface area (Å²) in [5.74, 6) is 0.843. The summed E-state index contributed by atoms with van der Waals surface area (Å²) in [7, 11) is 0. The van der Waals surface area contributed by atoms with E-state index in [9.17, 15) is 0 Å². The van der Waals surface area contributed by atoms with Gasteiger partial charge in [-0.3, -0.25) is 0 Å². The fourth-order valence-corrected chi connectivity index (χ4v) is 4.82.